The predicted molar refractivity (Wildman–Crippen MR) is 113 cm³/mol. The fraction of sp³-hybridized carbons (Fsp3) is 0.190. The van der Waals surface area contributed by atoms with Crippen LogP contribution in [0.4, 0.5) is 0 Å². The summed E-state index contributed by atoms with van der Waals surface area (Å²) in [6.07, 6.45) is 0.0696. The Bertz CT molecular complexity index is 1120. The first-order chi connectivity index (χ1) is 13.8. The van der Waals surface area contributed by atoms with Crippen LogP contribution in [0, 0.1) is 10.8 Å². The Morgan fingerprint density at radius 3 is 2.34 bits per heavy atom. The smallest absolute Gasteiger partial charge is 0.310 e. The number of carbonyl (C=O) groups excluding carboxylic acids is 1. The number of fused-ring (bicyclic) bond motifs is 1. The molecule has 8 heteroatoms. The Morgan fingerprint density at radius 2 is 1.72 bits per heavy atom. The Labute approximate surface area is 167 Å². The summed E-state index contributed by atoms with van der Waals surface area (Å²) in [6.45, 7) is 2.05. The van der Waals surface area contributed by atoms with Gasteiger partial charge in [0, 0.05) is 27.6 Å². The molecule has 0 aliphatic carbocycles. The summed E-state index contributed by atoms with van der Waals surface area (Å²) in [5.74, 6) is 0.0634. The minimum Gasteiger partial charge on any atom is -0.496 e. The molecular formula is C21H23N5O3. The van der Waals surface area contributed by atoms with Crippen LogP contribution in [0.2, 0.25) is 0 Å². The number of hydrogen-bond acceptors (Lipinski definition) is 5. The number of rotatable bonds is 7. The van der Waals surface area contributed by atoms with E-state index in [1.807, 2.05) is 6.07 Å². The Hall–Kier alpha value is -3.81. The van der Waals surface area contributed by atoms with Crippen LogP contribution in [0.3, 0.4) is 0 Å². The fourth-order valence-electron chi connectivity index (χ4n) is 3.26. The standard InChI is InChI=1S/C21H23N5O3/c1-3-29-18(27)10-15-13-6-4-11(20(22)23)8-16(13)26-19(15)14-7-5-12(21(24)25)9-17(14)28-2/h4-9,26H,3,10H2,1-2H3,(H3,22,23)(H3,24,25). The SMILES string of the molecule is CCOC(=O)Cc1c(-c2ccc(C(=N)N)cc2OC)[nH]c2cc(C(=N)N)ccc12. The molecule has 0 spiro atoms. The van der Waals surface area contributed by atoms with Crippen molar-refractivity contribution in [3.8, 4) is 17.0 Å². The van der Waals surface area contributed by atoms with Crippen molar-refractivity contribution >= 4 is 28.5 Å². The number of aromatic nitrogens is 1. The molecule has 0 saturated heterocycles. The molecule has 7 N–H and O–H groups in total. The van der Waals surface area contributed by atoms with Gasteiger partial charge in [-0.15, -0.1) is 0 Å². The third-order valence-electron chi connectivity index (χ3n) is 4.63. The summed E-state index contributed by atoms with van der Waals surface area (Å²) in [6, 6.07) is 10.5. The van der Waals surface area contributed by atoms with Gasteiger partial charge in [0.25, 0.3) is 0 Å². The first-order valence-corrected chi connectivity index (χ1v) is 9.03. The second-order valence-electron chi connectivity index (χ2n) is 6.46. The number of carbonyl (C=O) groups is 1. The second kappa shape index (κ2) is 8.05. The number of amidine groups is 2. The molecule has 1 aromatic heterocycles. The molecule has 0 saturated carbocycles. The van der Waals surface area contributed by atoms with Crippen molar-refractivity contribution in [2.45, 2.75) is 13.3 Å². The van der Waals surface area contributed by atoms with Gasteiger partial charge in [-0.2, -0.15) is 0 Å². The van der Waals surface area contributed by atoms with Gasteiger partial charge in [-0.05, 0) is 30.7 Å². The van der Waals surface area contributed by atoms with Crippen molar-refractivity contribution in [3.05, 3.63) is 53.1 Å². The zero-order chi connectivity index (χ0) is 21.1. The number of nitrogens with two attached hydrogens (primary N) is 2. The van der Waals surface area contributed by atoms with Gasteiger partial charge in [-0.1, -0.05) is 18.2 Å². The number of methoxy groups -OCH3 is 1. The van der Waals surface area contributed by atoms with Crippen molar-refractivity contribution < 1.29 is 14.3 Å². The summed E-state index contributed by atoms with van der Waals surface area (Å²) in [5.41, 5.74) is 15.2. The molecule has 0 unspecified atom stereocenters. The van der Waals surface area contributed by atoms with Crippen LogP contribution in [-0.2, 0) is 16.0 Å². The maximum absolute atomic E-state index is 12.2. The number of nitrogens with one attached hydrogen (secondary N) is 3. The van der Waals surface area contributed by atoms with Crippen molar-refractivity contribution in [1.82, 2.24) is 4.98 Å². The van der Waals surface area contributed by atoms with Crippen molar-refractivity contribution in [2.75, 3.05) is 13.7 Å². The van der Waals surface area contributed by atoms with E-state index in [2.05, 4.69) is 4.98 Å². The van der Waals surface area contributed by atoms with Crippen molar-refractivity contribution in [3.63, 3.8) is 0 Å². The molecule has 0 fully saturated rings. The molecule has 0 aliphatic heterocycles. The first kappa shape index (κ1) is 19.9. The van der Waals surface area contributed by atoms with Crippen molar-refractivity contribution in [1.29, 1.82) is 10.8 Å². The van der Waals surface area contributed by atoms with E-state index in [-0.39, 0.29) is 24.1 Å². The molecule has 3 aromatic rings. The van der Waals surface area contributed by atoms with Crippen LogP contribution < -0.4 is 16.2 Å². The number of nitrogen functional groups attached to an aromatic ring is 2. The molecule has 2 aromatic carbocycles. The summed E-state index contributed by atoms with van der Waals surface area (Å²) in [5, 5.41) is 16.1. The van der Waals surface area contributed by atoms with Crippen molar-refractivity contribution in [2.24, 2.45) is 11.5 Å². The zero-order valence-electron chi connectivity index (χ0n) is 16.3. The topological polar surface area (TPSA) is 151 Å². The normalized spacial score (nSPS) is 10.7. The highest BCUT2D eigenvalue weighted by atomic mass is 16.5. The Kier molecular flexibility index (Phi) is 5.54. The summed E-state index contributed by atoms with van der Waals surface area (Å²) >= 11 is 0. The number of aromatic amines is 1. The largest absolute Gasteiger partial charge is 0.496 e. The van der Waals surface area contributed by atoms with E-state index in [1.165, 1.54) is 7.11 Å². The van der Waals surface area contributed by atoms with Gasteiger partial charge in [-0.3, -0.25) is 15.6 Å². The highest BCUT2D eigenvalue weighted by molar-refractivity contribution is 6.02. The fourth-order valence-corrected chi connectivity index (χ4v) is 3.26. The lowest BCUT2D eigenvalue weighted by Gasteiger charge is -2.11. The van der Waals surface area contributed by atoms with Gasteiger partial charge in [0.05, 0.1) is 25.8 Å². The van der Waals surface area contributed by atoms with Crippen LogP contribution in [0.1, 0.15) is 23.6 Å². The zero-order valence-corrected chi connectivity index (χ0v) is 16.3. The van der Waals surface area contributed by atoms with Gasteiger partial charge in [-0.25, -0.2) is 0 Å². The van der Waals surface area contributed by atoms with Crippen LogP contribution in [0.15, 0.2) is 36.4 Å². The minimum atomic E-state index is -0.343. The van der Waals surface area contributed by atoms with Crippen LogP contribution in [0.25, 0.3) is 22.2 Å². The third kappa shape index (κ3) is 3.91. The molecular weight excluding hydrogens is 370 g/mol. The molecule has 0 aliphatic rings. The van der Waals surface area contributed by atoms with E-state index >= 15 is 0 Å². The van der Waals surface area contributed by atoms with E-state index < -0.39 is 0 Å². The maximum atomic E-state index is 12.2. The highest BCUT2D eigenvalue weighted by Crippen LogP contribution is 2.37. The molecule has 3 rings (SSSR count). The average Bonchev–Trinajstić information content (AvgIpc) is 3.04. The molecule has 0 radical (unpaired) electrons. The van der Waals surface area contributed by atoms with E-state index in [1.54, 1.807) is 37.3 Å². The second-order valence-corrected chi connectivity index (χ2v) is 6.46. The number of H-pyrrole nitrogens is 1. The predicted octanol–water partition coefficient (Wildman–Crippen LogP) is 2.52. The molecule has 8 nitrogen and oxygen atoms in total. The highest BCUT2D eigenvalue weighted by Gasteiger charge is 2.20. The molecule has 0 atom stereocenters. The summed E-state index contributed by atoms with van der Waals surface area (Å²) < 4.78 is 10.7. The lowest BCUT2D eigenvalue weighted by molar-refractivity contribution is -0.142. The van der Waals surface area contributed by atoms with Gasteiger partial charge in [0.1, 0.15) is 17.4 Å². The number of benzene rings is 2. The molecule has 0 amide bonds. The molecule has 1 heterocycles. The number of hydrogen-bond donors (Lipinski definition) is 5. The van der Waals surface area contributed by atoms with E-state index in [0.717, 1.165) is 22.0 Å². The molecule has 0 bridgehead atoms. The third-order valence-corrected chi connectivity index (χ3v) is 4.63. The minimum absolute atomic E-state index is 0.0432. The van der Waals surface area contributed by atoms with E-state index in [4.69, 9.17) is 31.8 Å². The lowest BCUT2D eigenvalue weighted by atomic mass is 10.00. The van der Waals surface area contributed by atoms with E-state index in [9.17, 15) is 4.79 Å². The van der Waals surface area contributed by atoms with Gasteiger partial charge < -0.3 is 25.9 Å². The Morgan fingerprint density at radius 1 is 1.07 bits per heavy atom. The van der Waals surface area contributed by atoms with Gasteiger partial charge in [0.15, 0.2) is 0 Å². The monoisotopic (exact) mass is 393 g/mol. The first-order valence-electron chi connectivity index (χ1n) is 9.03. The van der Waals surface area contributed by atoms with Gasteiger partial charge >= 0.3 is 5.97 Å². The number of ether oxygens (including phenoxy) is 2. The molecule has 29 heavy (non-hydrogen) atoms. The Balaban J connectivity index is 2.23. The maximum Gasteiger partial charge on any atom is 0.310 e. The number of esters is 1. The van der Waals surface area contributed by atoms with Gasteiger partial charge in [0.2, 0.25) is 0 Å². The van der Waals surface area contributed by atoms with Crippen LogP contribution in [0.5, 0.6) is 5.75 Å². The lowest BCUT2D eigenvalue weighted by Crippen LogP contribution is -2.11. The molecule has 150 valence electrons. The van der Waals surface area contributed by atoms with Crippen LogP contribution in [-0.4, -0.2) is 36.3 Å². The summed E-state index contributed by atoms with van der Waals surface area (Å²) in [4.78, 5) is 15.6. The summed E-state index contributed by atoms with van der Waals surface area (Å²) in [7, 11) is 1.53. The van der Waals surface area contributed by atoms with E-state index in [0.29, 0.717) is 29.2 Å². The quantitative estimate of drug-likeness (QED) is 0.237. The average molecular weight is 393 g/mol. The van der Waals surface area contributed by atoms with Crippen LogP contribution >= 0.6 is 0 Å².